The van der Waals surface area contributed by atoms with Crippen LogP contribution in [0.25, 0.3) is 0 Å². The minimum atomic E-state index is 0.542. The molecule has 0 aliphatic carbocycles. The van der Waals surface area contributed by atoms with E-state index in [2.05, 4.69) is 48.5 Å². The Morgan fingerprint density at radius 1 is 0.706 bits per heavy atom. The molecule has 0 N–H and O–H groups in total. The fourth-order valence-electron chi connectivity index (χ4n) is 0. The minimum absolute atomic E-state index is 0.542. The Bertz CT molecular complexity index is 64.6. The van der Waals surface area contributed by atoms with Gasteiger partial charge in [0.25, 0.3) is 0 Å². The van der Waals surface area contributed by atoms with Crippen molar-refractivity contribution in [3.63, 3.8) is 0 Å². The molecule has 0 heterocycles. The average molecular weight is 249 g/mol. The molecule has 112 valence electrons. The van der Waals surface area contributed by atoms with Gasteiger partial charge in [0.1, 0.15) is 0 Å². The molecule has 0 bridgehead atoms. The molecule has 0 aliphatic rings. The molecule has 0 rings (SSSR count). The van der Waals surface area contributed by atoms with Crippen LogP contribution in [-0.2, 0) is 0 Å². The van der Waals surface area contributed by atoms with Crippen molar-refractivity contribution in [2.45, 2.75) is 103 Å². The van der Waals surface area contributed by atoms with E-state index in [9.17, 15) is 0 Å². The summed E-state index contributed by atoms with van der Waals surface area (Å²) in [6.45, 7) is 27.6. The van der Waals surface area contributed by atoms with E-state index in [1.807, 2.05) is 41.5 Å². The highest BCUT2D eigenvalue weighted by Crippen LogP contribution is 2.16. The quantitative estimate of drug-likeness (QED) is 0.449. The summed E-state index contributed by atoms with van der Waals surface area (Å²) in [5.74, 6) is 0.884. The van der Waals surface area contributed by atoms with Gasteiger partial charge in [-0.1, -0.05) is 103 Å². The topological polar surface area (TPSA) is 0 Å². The average Bonchev–Trinajstić information content (AvgIpc) is 2.36. The molecule has 0 saturated carbocycles. The van der Waals surface area contributed by atoms with Crippen molar-refractivity contribution in [3.8, 4) is 0 Å². The Hall–Kier alpha value is 0. The summed E-state index contributed by atoms with van der Waals surface area (Å²) in [4.78, 5) is 0. The Morgan fingerprint density at radius 3 is 0.824 bits per heavy atom. The van der Waals surface area contributed by atoms with E-state index in [1.165, 1.54) is 12.8 Å². The Morgan fingerprint density at radius 2 is 0.824 bits per heavy atom. The van der Waals surface area contributed by atoms with Gasteiger partial charge < -0.3 is 0 Å². The summed E-state index contributed by atoms with van der Waals surface area (Å²) < 4.78 is 0. The maximum atomic E-state index is 2.24. The summed E-state index contributed by atoms with van der Waals surface area (Å²) in [5, 5.41) is 0. The van der Waals surface area contributed by atoms with Crippen LogP contribution in [0.15, 0.2) is 0 Å². The molecule has 0 saturated heterocycles. The van der Waals surface area contributed by atoms with E-state index in [0.717, 1.165) is 5.92 Å². The highest BCUT2D eigenvalue weighted by atomic mass is 14.1. The fourth-order valence-corrected chi connectivity index (χ4v) is 0. The van der Waals surface area contributed by atoms with Gasteiger partial charge in [-0.05, 0) is 11.3 Å². The van der Waals surface area contributed by atoms with Gasteiger partial charge in [0.15, 0.2) is 0 Å². The SMILES string of the molecule is CC.CC.CC.CCC(C)(C)C.CCC(C)C. The molecular formula is C17H44. The van der Waals surface area contributed by atoms with Crippen LogP contribution in [-0.4, -0.2) is 0 Å². The maximum absolute atomic E-state index is 2.24. The first-order chi connectivity index (χ1) is 7.83. The molecule has 0 unspecified atom stereocenters. The van der Waals surface area contributed by atoms with Gasteiger partial charge in [-0.3, -0.25) is 0 Å². The molecule has 0 radical (unpaired) electrons. The molecule has 0 heteroatoms. The van der Waals surface area contributed by atoms with Crippen LogP contribution in [0.4, 0.5) is 0 Å². The molecule has 0 aliphatic heterocycles. The number of hydrogen-bond donors (Lipinski definition) is 0. The van der Waals surface area contributed by atoms with E-state index in [0.29, 0.717) is 5.41 Å². The molecular weight excluding hydrogens is 204 g/mol. The zero-order valence-electron chi connectivity index (χ0n) is 15.5. The largest absolute Gasteiger partial charge is 0.0683 e. The predicted octanol–water partition coefficient (Wildman–Crippen LogP) is 7.57. The third-order valence-electron chi connectivity index (χ3n) is 1.88. The zero-order chi connectivity index (χ0) is 15.5. The van der Waals surface area contributed by atoms with E-state index >= 15 is 0 Å². The second-order valence-electron chi connectivity index (χ2n) is 4.72. The monoisotopic (exact) mass is 248 g/mol. The van der Waals surface area contributed by atoms with Gasteiger partial charge in [0.2, 0.25) is 0 Å². The van der Waals surface area contributed by atoms with Gasteiger partial charge >= 0.3 is 0 Å². The Labute approximate surface area is 115 Å². The summed E-state index contributed by atoms with van der Waals surface area (Å²) in [6, 6.07) is 0. The molecule has 0 spiro atoms. The molecule has 0 nitrogen and oxygen atoms in total. The van der Waals surface area contributed by atoms with Crippen molar-refractivity contribution < 1.29 is 0 Å². The lowest BCUT2D eigenvalue weighted by atomic mass is 9.94. The standard InChI is InChI=1S/C6H14.C5H12.3C2H6/c1-5-6(2,3)4;1-4-5(2)3;3*1-2/h5H2,1-4H3;5H,4H2,1-3H3;3*1-2H3. The highest BCUT2D eigenvalue weighted by Gasteiger charge is 2.03. The fraction of sp³-hybridized carbons (Fsp3) is 1.00. The van der Waals surface area contributed by atoms with Gasteiger partial charge in [0.05, 0.1) is 0 Å². The van der Waals surface area contributed by atoms with E-state index in [1.54, 1.807) is 0 Å². The summed E-state index contributed by atoms with van der Waals surface area (Å²) in [5.41, 5.74) is 0.542. The second kappa shape index (κ2) is 29.8. The lowest BCUT2D eigenvalue weighted by Crippen LogP contribution is -2.00. The highest BCUT2D eigenvalue weighted by molar-refractivity contribution is 4.55. The van der Waals surface area contributed by atoms with Gasteiger partial charge in [0, 0.05) is 0 Å². The van der Waals surface area contributed by atoms with Crippen LogP contribution in [0.1, 0.15) is 103 Å². The Kier molecular flexibility index (Phi) is 52.9. The van der Waals surface area contributed by atoms with Gasteiger partial charge in [-0.25, -0.2) is 0 Å². The molecule has 0 aromatic heterocycles. The molecule has 0 amide bonds. The van der Waals surface area contributed by atoms with Crippen LogP contribution >= 0.6 is 0 Å². The molecule has 0 aromatic carbocycles. The summed E-state index contributed by atoms with van der Waals surface area (Å²) >= 11 is 0. The van der Waals surface area contributed by atoms with E-state index < -0.39 is 0 Å². The van der Waals surface area contributed by atoms with Crippen molar-refractivity contribution in [3.05, 3.63) is 0 Å². The summed E-state index contributed by atoms with van der Waals surface area (Å²) in [7, 11) is 0. The van der Waals surface area contributed by atoms with Crippen LogP contribution in [0.5, 0.6) is 0 Å². The minimum Gasteiger partial charge on any atom is -0.0683 e. The van der Waals surface area contributed by atoms with Crippen LogP contribution in [0.2, 0.25) is 0 Å². The van der Waals surface area contributed by atoms with Crippen LogP contribution < -0.4 is 0 Å². The third-order valence-corrected chi connectivity index (χ3v) is 1.88. The van der Waals surface area contributed by atoms with Crippen LogP contribution in [0.3, 0.4) is 0 Å². The van der Waals surface area contributed by atoms with Gasteiger partial charge in [-0.2, -0.15) is 0 Å². The first kappa shape index (κ1) is 30.2. The second-order valence-corrected chi connectivity index (χ2v) is 4.72. The maximum Gasteiger partial charge on any atom is -0.0385 e. The normalized spacial score (nSPS) is 8.12. The van der Waals surface area contributed by atoms with Crippen molar-refractivity contribution in [2.24, 2.45) is 11.3 Å². The first-order valence-corrected chi connectivity index (χ1v) is 7.83. The van der Waals surface area contributed by atoms with E-state index in [-0.39, 0.29) is 0 Å². The number of rotatable bonds is 1. The van der Waals surface area contributed by atoms with Crippen molar-refractivity contribution in [1.29, 1.82) is 0 Å². The molecule has 0 atom stereocenters. The summed E-state index contributed by atoms with van der Waals surface area (Å²) in [6.07, 6.45) is 2.58. The predicted molar refractivity (Wildman–Crippen MR) is 88.9 cm³/mol. The lowest BCUT2D eigenvalue weighted by molar-refractivity contribution is 0.398. The third kappa shape index (κ3) is 125. The molecule has 0 aromatic rings. The number of hydrogen-bond acceptors (Lipinski definition) is 0. The molecule has 0 fully saturated rings. The molecule has 17 heavy (non-hydrogen) atoms. The van der Waals surface area contributed by atoms with E-state index in [4.69, 9.17) is 0 Å². The lowest BCUT2D eigenvalue weighted by Gasteiger charge is -2.12. The smallest absolute Gasteiger partial charge is 0.0385 e. The Balaban J connectivity index is -0.0000000395. The first-order valence-electron chi connectivity index (χ1n) is 7.83. The van der Waals surface area contributed by atoms with Crippen molar-refractivity contribution >= 4 is 0 Å². The van der Waals surface area contributed by atoms with Crippen LogP contribution in [0, 0.1) is 11.3 Å². The zero-order valence-corrected chi connectivity index (χ0v) is 15.5. The van der Waals surface area contributed by atoms with Gasteiger partial charge in [-0.15, -0.1) is 0 Å². The van der Waals surface area contributed by atoms with Crippen molar-refractivity contribution in [2.75, 3.05) is 0 Å². The van der Waals surface area contributed by atoms with Crippen molar-refractivity contribution in [1.82, 2.24) is 0 Å².